The molecule has 0 heterocycles. The van der Waals surface area contributed by atoms with Crippen molar-refractivity contribution in [3.05, 3.63) is 34.9 Å². The second-order valence-corrected chi connectivity index (χ2v) is 7.93. The van der Waals surface area contributed by atoms with Gasteiger partial charge in [0.25, 0.3) is 0 Å². The van der Waals surface area contributed by atoms with E-state index in [0.717, 1.165) is 34.5 Å². The lowest BCUT2D eigenvalue weighted by Crippen LogP contribution is -2.40. The number of aliphatic hydroxyl groups is 1. The van der Waals surface area contributed by atoms with Gasteiger partial charge >= 0.3 is 0 Å². The van der Waals surface area contributed by atoms with Crippen LogP contribution in [0.25, 0.3) is 5.76 Å². The van der Waals surface area contributed by atoms with Gasteiger partial charge in [-0.2, -0.15) is 0 Å². The van der Waals surface area contributed by atoms with Gasteiger partial charge in [0.1, 0.15) is 11.5 Å². The summed E-state index contributed by atoms with van der Waals surface area (Å²) in [5, 5.41) is 9.91. The van der Waals surface area contributed by atoms with Gasteiger partial charge in [-0.05, 0) is 74.3 Å². The number of ether oxygens (including phenoxy) is 2. The van der Waals surface area contributed by atoms with Crippen molar-refractivity contribution in [1.82, 2.24) is 0 Å². The predicted molar refractivity (Wildman–Crippen MR) is 94.6 cm³/mol. The molecule has 4 aliphatic rings. The third kappa shape index (κ3) is 2.54. The summed E-state index contributed by atoms with van der Waals surface area (Å²) in [6, 6.07) is 6.06. The normalized spacial score (nSPS) is 31.9. The minimum Gasteiger partial charge on any atom is -0.496 e. The van der Waals surface area contributed by atoms with Crippen LogP contribution in [0.4, 0.5) is 0 Å². The Hall–Kier alpha value is -1.48. The quantitative estimate of drug-likeness (QED) is 0.823. The van der Waals surface area contributed by atoms with E-state index in [1.54, 1.807) is 26.7 Å². The fourth-order valence-corrected chi connectivity index (χ4v) is 5.66. The molecule has 130 valence electrons. The molecule has 1 aromatic carbocycles. The van der Waals surface area contributed by atoms with Crippen LogP contribution in [0.5, 0.6) is 5.75 Å². The number of methoxy groups -OCH3 is 2. The highest BCUT2D eigenvalue weighted by atomic mass is 16.5. The average Bonchev–Trinajstić information content (AvgIpc) is 2.56. The summed E-state index contributed by atoms with van der Waals surface area (Å²) in [5.74, 6) is 5.10. The molecule has 4 saturated carbocycles. The molecule has 5 rings (SSSR count). The summed E-state index contributed by atoms with van der Waals surface area (Å²) < 4.78 is 11.4. The molecule has 0 spiro atoms. The van der Waals surface area contributed by atoms with Crippen LogP contribution in [-0.2, 0) is 4.74 Å². The van der Waals surface area contributed by atoms with Crippen LogP contribution in [0.3, 0.4) is 0 Å². The van der Waals surface area contributed by atoms with E-state index in [9.17, 15) is 5.11 Å². The third-order valence-electron chi connectivity index (χ3n) is 6.43. The van der Waals surface area contributed by atoms with Gasteiger partial charge in [0, 0.05) is 11.1 Å². The number of aliphatic hydroxyl groups excluding tert-OH is 1. The summed E-state index contributed by atoms with van der Waals surface area (Å²) in [7, 11) is 3.45. The minimum atomic E-state index is -0.533. The lowest BCUT2D eigenvalue weighted by molar-refractivity contribution is 0.0675. The summed E-state index contributed by atoms with van der Waals surface area (Å²) in [6.07, 6.45) is 6.31. The molecular formula is C21H28O3. The number of hydrogen-bond donors (Lipinski definition) is 1. The van der Waals surface area contributed by atoms with E-state index in [2.05, 4.69) is 6.07 Å². The van der Waals surface area contributed by atoms with E-state index in [-0.39, 0.29) is 0 Å². The van der Waals surface area contributed by atoms with Crippen LogP contribution in [0.15, 0.2) is 23.8 Å². The van der Waals surface area contributed by atoms with E-state index < -0.39 is 6.10 Å². The van der Waals surface area contributed by atoms with Gasteiger partial charge in [-0.3, -0.25) is 0 Å². The van der Waals surface area contributed by atoms with Crippen LogP contribution < -0.4 is 4.74 Å². The molecule has 0 saturated heterocycles. The Balaban J connectivity index is 1.76. The first-order valence-corrected chi connectivity index (χ1v) is 9.25. The number of hydrogen-bond acceptors (Lipinski definition) is 3. The topological polar surface area (TPSA) is 38.7 Å². The van der Waals surface area contributed by atoms with Crippen LogP contribution in [0.1, 0.15) is 56.3 Å². The van der Waals surface area contributed by atoms with Crippen molar-refractivity contribution in [2.75, 3.05) is 14.2 Å². The van der Waals surface area contributed by atoms with Crippen molar-refractivity contribution in [3.63, 3.8) is 0 Å². The van der Waals surface area contributed by atoms with E-state index in [1.165, 1.54) is 32.1 Å². The fraction of sp³-hybridized carbons (Fsp3) is 0.619. The SMILES string of the molecule is COC(=C1C2CC3CC(C2)CC1C3)c1ccc(C(C)O)c(OC)c1. The second kappa shape index (κ2) is 6.11. The fourth-order valence-electron chi connectivity index (χ4n) is 5.66. The maximum absolute atomic E-state index is 9.91. The van der Waals surface area contributed by atoms with Crippen LogP contribution in [0.2, 0.25) is 0 Å². The first-order chi connectivity index (χ1) is 11.6. The summed E-state index contributed by atoms with van der Waals surface area (Å²) in [6.45, 7) is 1.77. The zero-order valence-corrected chi connectivity index (χ0v) is 14.9. The van der Waals surface area contributed by atoms with Gasteiger partial charge < -0.3 is 14.6 Å². The molecule has 1 atom stereocenters. The number of rotatable bonds is 4. The van der Waals surface area contributed by atoms with Gasteiger partial charge in [-0.15, -0.1) is 0 Å². The van der Waals surface area contributed by atoms with Gasteiger partial charge in [0.05, 0.1) is 20.3 Å². The van der Waals surface area contributed by atoms with Crippen molar-refractivity contribution in [1.29, 1.82) is 0 Å². The van der Waals surface area contributed by atoms with Gasteiger partial charge in [-0.1, -0.05) is 12.1 Å². The van der Waals surface area contributed by atoms with Crippen molar-refractivity contribution >= 4 is 5.76 Å². The van der Waals surface area contributed by atoms with Crippen LogP contribution in [0, 0.1) is 23.7 Å². The zero-order chi connectivity index (χ0) is 16.8. The predicted octanol–water partition coefficient (Wildman–Crippen LogP) is 4.56. The Labute approximate surface area is 144 Å². The molecule has 0 radical (unpaired) electrons. The van der Waals surface area contributed by atoms with E-state index in [0.29, 0.717) is 11.8 Å². The largest absolute Gasteiger partial charge is 0.496 e. The number of allylic oxidation sites excluding steroid dienone is 1. The Morgan fingerprint density at radius 3 is 2.17 bits per heavy atom. The molecule has 3 nitrogen and oxygen atoms in total. The maximum atomic E-state index is 9.91. The summed E-state index contributed by atoms with van der Waals surface area (Å²) in [4.78, 5) is 0. The third-order valence-corrected chi connectivity index (χ3v) is 6.43. The van der Waals surface area contributed by atoms with Gasteiger partial charge in [0.2, 0.25) is 0 Å². The highest BCUT2D eigenvalue weighted by Gasteiger charge is 2.46. The van der Waals surface area contributed by atoms with Crippen LogP contribution >= 0.6 is 0 Å². The minimum absolute atomic E-state index is 0.533. The average molecular weight is 328 g/mol. The van der Waals surface area contributed by atoms with Gasteiger partial charge in [-0.25, -0.2) is 0 Å². The smallest absolute Gasteiger partial charge is 0.125 e. The molecule has 0 aliphatic heterocycles. The first-order valence-electron chi connectivity index (χ1n) is 9.25. The van der Waals surface area contributed by atoms with Gasteiger partial charge in [0.15, 0.2) is 0 Å². The van der Waals surface area contributed by atoms with E-state index >= 15 is 0 Å². The molecule has 4 aliphatic carbocycles. The van der Waals surface area contributed by atoms with E-state index in [1.807, 2.05) is 12.1 Å². The second-order valence-electron chi connectivity index (χ2n) is 7.93. The first kappa shape index (κ1) is 16.0. The molecule has 3 heteroatoms. The highest BCUT2D eigenvalue weighted by molar-refractivity contribution is 5.67. The van der Waals surface area contributed by atoms with Crippen molar-refractivity contribution in [3.8, 4) is 5.75 Å². The zero-order valence-electron chi connectivity index (χ0n) is 14.9. The summed E-state index contributed by atoms with van der Waals surface area (Å²) >= 11 is 0. The Kier molecular flexibility index (Phi) is 4.07. The van der Waals surface area contributed by atoms with Crippen LogP contribution in [-0.4, -0.2) is 19.3 Å². The molecule has 0 aromatic heterocycles. The Morgan fingerprint density at radius 2 is 1.67 bits per heavy atom. The van der Waals surface area contributed by atoms with Crippen molar-refractivity contribution in [2.45, 2.75) is 45.1 Å². The molecule has 1 unspecified atom stereocenters. The molecule has 24 heavy (non-hydrogen) atoms. The lowest BCUT2D eigenvalue weighted by Gasteiger charge is -2.51. The molecule has 1 N–H and O–H groups in total. The maximum Gasteiger partial charge on any atom is 0.125 e. The summed E-state index contributed by atoms with van der Waals surface area (Å²) in [5.41, 5.74) is 3.46. The lowest BCUT2D eigenvalue weighted by atomic mass is 9.54. The molecule has 4 fully saturated rings. The molecular weight excluding hydrogens is 300 g/mol. The number of benzene rings is 1. The molecule has 1 aromatic rings. The van der Waals surface area contributed by atoms with Crippen molar-refractivity contribution in [2.24, 2.45) is 23.7 Å². The standard InChI is InChI=1S/C21H28O3/c1-12(22)18-5-4-15(11-19(18)23-2)21(24-3)20-16-7-13-6-14(9-16)10-17(20)8-13/h4-5,11-14,16-17,22H,6-10H2,1-3H3. The molecule has 4 bridgehead atoms. The van der Waals surface area contributed by atoms with Crippen molar-refractivity contribution < 1.29 is 14.6 Å². The monoisotopic (exact) mass is 328 g/mol. The Morgan fingerprint density at radius 1 is 1.04 bits per heavy atom. The van der Waals surface area contributed by atoms with E-state index in [4.69, 9.17) is 9.47 Å². The Bertz CT molecular complexity index is 629. The molecule has 0 amide bonds. The highest BCUT2D eigenvalue weighted by Crippen LogP contribution is 2.58.